The number of hydrogen-bond acceptors (Lipinski definition) is 4. The third-order valence-electron chi connectivity index (χ3n) is 8.44. The zero-order valence-corrected chi connectivity index (χ0v) is 19.4. The molecule has 3 fully saturated rings. The molecule has 1 saturated heterocycles. The highest BCUT2D eigenvalue weighted by Crippen LogP contribution is 2.47. The minimum atomic E-state index is -0.715. The van der Waals surface area contributed by atoms with Gasteiger partial charge in [-0.2, -0.15) is 5.26 Å². The first-order valence-electron chi connectivity index (χ1n) is 12.5. The summed E-state index contributed by atoms with van der Waals surface area (Å²) in [7, 11) is 2.08. The van der Waals surface area contributed by atoms with Gasteiger partial charge in [0.2, 0.25) is 0 Å². The van der Waals surface area contributed by atoms with Crippen LogP contribution in [0.1, 0.15) is 84.5 Å². The number of piperidine rings is 1. The van der Waals surface area contributed by atoms with Crippen molar-refractivity contribution in [2.24, 2.45) is 35.5 Å². The molecule has 1 aliphatic heterocycles. The van der Waals surface area contributed by atoms with Crippen LogP contribution in [0, 0.1) is 46.8 Å². The van der Waals surface area contributed by atoms with E-state index in [4.69, 9.17) is 0 Å². The lowest BCUT2D eigenvalue weighted by atomic mass is 9.61. The van der Waals surface area contributed by atoms with Crippen molar-refractivity contribution in [2.45, 2.75) is 96.7 Å². The fraction of sp³-hybridized carbons (Fsp3) is 0.920. The van der Waals surface area contributed by atoms with Crippen molar-refractivity contribution in [3.05, 3.63) is 0 Å². The molecule has 0 bridgehead atoms. The number of carbonyl (C=O) groups is 1. The van der Waals surface area contributed by atoms with Crippen LogP contribution in [-0.4, -0.2) is 41.8 Å². The fourth-order valence-corrected chi connectivity index (χ4v) is 6.70. The van der Waals surface area contributed by atoms with Crippen molar-refractivity contribution >= 4 is 5.97 Å². The van der Waals surface area contributed by atoms with Crippen LogP contribution in [0.15, 0.2) is 0 Å². The number of nitriles is 1. The lowest BCUT2D eigenvalue weighted by Crippen LogP contribution is -2.60. The van der Waals surface area contributed by atoms with Crippen molar-refractivity contribution in [1.29, 1.82) is 5.26 Å². The van der Waals surface area contributed by atoms with Crippen LogP contribution in [0.3, 0.4) is 0 Å². The van der Waals surface area contributed by atoms with Crippen LogP contribution >= 0.6 is 0 Å². The summed E-state index contributed by atoms with van der Waals surface area (Å²) in [4.78, 5) is 13.6. The molecule has 5 nitrogen and oxygen atoms in total. The molecule has 3 rings (SSSR count). The second kappa shape index (κ2) is 11.0. The minimum Gasteiger partial charge on any atom is -0.481 e. The van der Waals surface area contributed by atoms with Crippen LogP contribution in [0.4, 0.5) is 0 Å². The van der Waals surface area contributed by atoms with Crippen molar-refractivity contribution in [3.8, 4) is 6.07 Å². The molecule has 1 heterocycles. The minimum absolute atomic E-state index is 0.236. The van der Waals surface area contributed by atoms with E-state index < -0.39 is 5.97 Å². The van der Waals surface area contributed by atoms with Crippen molar-refractivity contribution in [3.63, 3.8) is 0 Å². The predicted octanol–water partition coefficient (Wildman–Crippen LogP) is 4.88. The molecular weight excluding hydrogens is 374 g/mol. The summed E-state index contributed by atoms with van der Waals surface area (Å²) >= 11 is 0. The number of carboxylic acid groups (broad SMARTS) is 1. The highest BCUT2D eigenvalue weighted by Gasteiger charge is 2.45. The first-order chi connectivity index (χ1) is 14.4. The van der Waals surface area contributed by atoms with Gasteiger partial charge in [0.15, 0.2) is 0 Å². The Labute approximate surface area is 183 Å². The Kier molecular flexibility index (Phi) is 8.60. The van der Waals surface area contributed by atoms with E-state index in [1.54, 1.807) is 6.92 Å². The number of rotatable bonds is 8. The molecule has 8 atom stereocenters. The summed E-state index contributed by atoms with van der Waals surface area (Å²) in [5.74, 6) is 2.10. The van der Waals surface area contributed by atoms with Gasteiger partial charge in [0.05, 0.1) is 18.2 Å². The molecule has 0 aromatic rings. The van der Waals surface area contributed by atoms with Gasteiger partial charge in [0.1, 0.15) is 0 Å². The van der Waals surface area contributed by atoms with Gasteiger partial charge in [-0.1, -0.05) is 46.0 Å². The van der Waals surface area contributed by atoms with E-state index in [2.05, 4.69) is 30.3 Å². The Morgan fingerprint density at radius 2 is 2.00 bits per heavy atom. The first-order valence-corrected chi connectivity index (χ1v) is 12.5. The maximum atomic E-state index is 11.4. The molecular formula is C25H43N3O2. The number of unbranched alkanes of at least 4 members (excludes halogenated alkanes) is 1. The summed E-state index contributed by atoms with van der Waals surface area (Å²) in [6.45, 7) is 4.68. The zero-order valence-electron chi connectivity index (χ0n) is 19.4. The number of nitrogens with zero attached hydrogens (tertiary/aromatic N) is 2. The largest absolute Gasteiger partial charge is 0.481 e. The first kappa shape index (κ1) is 23.5. The van der Waals surface area contributed by atoms with E-state index in [0.29, 0.717) is 24.4 Å². The molecule has 2 aliphatic carbocycles. The van der Waals surface area contributed by atoms with E-state index >= 15 is 0 Å². The lowest BCUT2D eigenvalue weighted by Gasteiger charge is -2.52. The third-order valence-corrected chi connectivity index (χ3v) is 8.44. The molecule has 2 N–H and O–H groups in total. The van der Waals surface area contributed by atoms with Gasteiger partial charge in [-0.25, -0.2) is 0 Å². The Hall–Kier alpha value is -1.12. The molecule has 0 spiro atoms. The SMILES string of the molecule is CCCCC1CCC2NC(N(C)CC(C)C(=O)O)CC(C3CCCC(C#N)C3)C2C1. The van der Waals surface area contributed by atoms with Gasteiger partial charge in [-0.3, -0.25) is 15.0 Å². The summed E-state index contributed by atoms with van der Waals surface area (Å²) in [6.07, 6.45) is 13.9. The Morgan fingerprint density at radius 1 is 1.20 bits per heavy atom. The zero-order chi connectivity index (χ0) is 21.7. The average Bonchev–Trinajstić information content (AvgIpc) is 2.76. The molecule has 170 valence electrons. The molecule has 2 saturated carbocycles. The van der Waals surface area contributed by atoms with E-state index in [-0.39, 0.29) is 18.0 Å². The van der Waals surface area contributed by atoms with Gasteiger partial charge < -0.3 is 5.11 Å². The number of fused-ring (bicyclic) bond motifs is 1. The van der Waals surface area contributed by atoms with Gasteiger partial charge in [-0.05, 0) is 69.2 Å². The molecule has 5 heteroatoms. The quantitative estimate of drug-likeness (QED) is 0.589. The Bertz CT molecular complexity index is 604. The summed E-state index contributed by atoms with van der Waals surface area (Å²) in [5.41, 5.74) is 0. The normalized spacial score (nSPS) is 37.9. The second-order valence-electron chi connectivity index (χ2n) is 10.6. The van der Waals surface area contributed by atoms with Gasteiger partial charge in [0.25, 0.3) is 0 Å². The van der Waals surface area contributed by atoms with Crippen LogP contribution in [0.2, 0.25) is 0 Å². The van der Waals surface area contributed by atoms with Crippen molar-refractivity contribution in [1.82, 2.24) is 10.2 Å². The number of carboxylic acids is 1. The maximum absolute atomic E-state index is 11.4. The number of nitrogens with one attached hydrogen (secondary N) is 1. The second-order valence-corrected chi connectivity index (χ2v) is 10.6. The molecule has 0 aromatic heterocycles. The van der Waals surface area contributed by atoms with Gasteiger partial charge in [0, 0.05) is 18.5 Å². The fourth-order valence-electron chi connectivity index (χ4n) is 6.70. The van der Waals surface area contributed by atoms with E-state index in [1.807, 2.05) is 0 Å². The smallest absolute Gasteiger partial charge is 0.307 e. The average molecular weight is 418 g/mol. The molecule has 3 aliphatic rings. The summed E-state index contributed by atoms with van der Waals surface area (Å²) in [5, 5.41) is 22.8. The predicted molar refractivity (Wildman–Crippen MR) is 120 cm³/mol. The summed E-state index contributed by atoms with van der Waals surface area (Å²) in [6, 6.07) is 3.12. The number of hydrogen-bond donors (Lipinski definition) is 2. The lowest BCUT2D eigenvalue weighted by molar-refractivity contribution is -0.142. The molecule has 0 aromatic carbocycles. The standard InChI is InChI=1S/C25H43N3O2/c1-4-5-7-18-10-11-23-22(13-18)21(20-9-6-8-19(12-20)15-26)14-24(27-23)28(3)16-17(2)25(29)30/h17-24,27H,4-14,16H2,1-3H3,(H,29,30). The highest BCUT2D eigenvalue weighted by molar-refractivity contribution is 5.69. The topological polar surface area (TPSA) is 76.4 Å². The van der Waals surface area contributed by atoms with Crippen molar-refractivity contribution < 1.29 is 9.90 Å². The summed E-state index contributed by atoms with van der Waals surface area (Å²) < 4.78 is 0. The molecule has 0 amide bonds. The van der Waals surface area contributed by atoms with E-state index in [9.17, 15) is 15.2 Å². The highest BCUT2D eigenvalue weighted by atomic mass is 16.4. The Morgan fingerprint density at radius 3 is 2.70 bits per heavy atom. The Balaban J connectivity index is 1.73. The van der Waals surface area contributed by atoms with E-state index in [1.165, 1.54) is 51.4 Å². The maximum Gasteiger partial charge on any atom is 0.307 e. The number of aliphatic carboxylic acids is 1. The monoisotopic (exact) mass is 417 g/mol. The molecule has 8 unspecified atom stereocenters. The van der Waals surface area contributed by atoms with Crippen LogP contribution in [-0.2, 0) is 4.79 Å². The van der Waals surface area contributed by atoms with E-state index in [0.717, 1.165) is 31.1 Å². The van der Waals surface area contributed by atoms with Gasteiger partial charge in [-0.15, -0.1) is 0 Å². The third kappa shape index (κ3) is 5.77. The van der Waals surface area contributed by atoms with Crippen LogP contribution in [0.5, 0.6) is 0 Å². The van der Waals surface area contributed by atoms with Crippen LogP contribution in [0.25, 0.3) is 0 Å². The van der Waals surface area contributed by atoms with Crippen LogP contribution < -0.4 is 5.32 Å². The van der Waals surface area contributed by atoms with Gasteiger partial charge >= 0.3 is 5.97 Å². The molecule has 0 radical (unpaired) electrons. The molecule has 30 heavy (non-hydrogen) atoms. The van der Waals surface area contributed by atoms with Crippen molar-refractivity contribution in [2.75, 3.05) is 13.6 Å².